The standard InChI is InChI=1S/C14H24N2O4.C8H15N.C4H10/c1-6-20-14(19)11(4)7-12(10(2)3)16(5)13(18)8-15-9-17;1-2-6-9(7-3-1)8-4-5-8;1-4(2)3/h7,9-10,12H,6,8H2,1-5H3,(H,15,17);8H,1-7H2;4H,1-3H3/b11-7+;;/t12-;;/m1../s1. The molecule has 2 fully saturated rings. The van der Waals surface area contributed by atoms with Crippen LogP contribution in [0.25, 0.3) is 0 Å². The van der Waals surface area contributed by atoms with Gasteiger partial charge in [-0.15, -0.1) is 0 Å². The lowest BCUT2D eigenvalue weighted by atomic mass is 10.00. The molecule has 2 aliphatic rings. The van der Waals surface area contributed by atoms with Crippen LogP contribution >= 0.6 is 0 Å². The second-order valence-corrected chi connectivity index (χ2v) is 9.87. The maximum atomic E-state index is 11.9. The summed E-state index contributed by atoms with van der Waals surface area (Å²) in [4.78, 5) is 37.9. The summed E-state index contributed by atoms with van der Waals surface area (Å²) in [6.45, 7) is 16.9. The van der Waals surface area contributed by atoms with E-state index >= 15 is 0 Å². The Morgan fingerprint density at radius 3 is 2.06 bits per heavy atom. The summed E-state index contributed by atoms with van der Waals surface area (Å²) >= 11 is 0. The largest absolute Gasteiger partial charge is 0.463 e. The first-order chi connectivity index (χ1) is 15.5. The van der Waals surface area contributed by atoms with Gasteiger partial charge >= 0.3 is 5.97 Å². The first kappa shape index (κ1) is 31.1. The van der Waals surface area contributed by atoms with Crippen LogP contribution in [0.4, 0.5) is 0 Å². The number of likely N-dealkylation sites (N-methyl/N-ethyl adjacent to an activating group) is 1. The molecule has 1 saturated carbocycles. The zero-order valence-corrected chi connectivity index (χ0v) is 22.4. The van der Waals surface area contributed by atoms with Gasteiger partial charge in [-0.3, -0.25) is 9.59 Å². The fourth-order valence-electron chi connectivity index (χ4n) is 3.46. The summed E-state index contributed by atoms with van der Waals surface area (Å²) in [6, 6.07) is 0.783. The van der Waals surface area contributed by atoms with Crippen LogP contribution in [0.5, 0.6) is 0 Å². The topological polar surface area (TPSA) is 79.0 Å². The smallest absolute Gasteiger partial charge is 0.333 e. The molecule has 0 aromatic rings. The van der Waals surface area contributed by atoms with Gasteiger partial charge in [-0.1, -0.05) is 47.1 Å². The zero-order valence-electron chi connectivity index (χ0n) is 22.4. The quantitative estimate of drug-likeness (QED) is 0.315. The van der Waals surface area contributed by atoms with Crippen molar-refractivity contribution in [2.75, 3.05) is 33.3 Å². The van der Waals surface area contributed by atoms with Gasteiger partial charge in [-0.05, 0) is 64.5 Å². The second-order valence-electron chi connectivity index (χ2n) is 9.87. The van der Waals surface area contributed by atoms with E-state index in [1.54, 1.807) is 27.0 Å². The molecule has 1 heterocycles. The van der Waals surface area contributed by atoms with Gasteiger partial charge in [0.15, 0.2) is 0 Å². The number of ether oxygens (including phenoxy) is 1. The average Bonchev–Trinajstić information content (AvgIpc) is 3.61. The number of likely N-dealkylation sites (tertiary alicyclic amines) is 1. The first-order valence-corrected chi connectivity index (χ1v) is 12.6. The van der Waals surface area contributed by atoms with Crippen LogP contribution < -0.4 is 5.32 Å². The van der Waals surface area contributed by atoms with Gasteiger partial charge in [0.1, 0.15) is 0 Å². The van der Waals surface area contributed by atoms with E-state index in [0.717, 1.165) is 12.0 Å². The van der Waals surface area contributed by atoms with Crippen molar-refractivity contribution in [1.82, 2.24) is 15.1 Å². The highest BCUT2D eigenvalue weighted by atomic mass is 16.5. The molecule has 0 radical (unpaired) electrons. The normalized spacial score (nSPS) is 17.2. The van der Waals surface area contributed by atoms with Crippen LogP contribution in [0.2, 0.25) is 0 Å². The predicted molar refractivity (Wildman–Crippen MR) is 135 cm³/mol. The second kappa shape index (κ2) is 17.6. The van der Waals surface area contributed by atoms with Gasteiger partial charge in [0.2, 0.25) is 12.3 Å². The number of hydrogen-bond donors (Lipinski definition) is 1. The predicted octanol–water partition coefficient (Wildman–Crippen LogP) is 4.02. The Morgan fingerprint density at radius 2 is 1.64 bits per heavy atom. The molecule has 1 saturated heterocycles. The Kier molecular flexibility index (Phi) is 16.6. The Labute approximate surface area is 202 Å². The van der Waals surface area contributed by atoms with E-state index in [-0.39, 0.29) is 30.4 Å². The summed E-state index contributed by atoms with van der Waals surface area (Å²) in [5.74, 6) is 0.360. The molecule has 1 atom stereocenters. The monoisotopic (exact) mass is 467 g/mol. The highest BCUT2D eigenvalue weighted by Crippen LogP contribution is 2.28. The Bertz CT molecular complexity index is 592. The van der Waals surface area contributed by atoms with Crippen LogP contribution in [0.3, 0.4) is 0 Å². The van der Waals surface area contributed by atoms with Gasteiger partial charge < -0.3 is 19.9 Å². The van der Waals surface area contributed by atoms with Crippen molar-refractivity contribution in [2.24, 2.45) is 11.8 Å². The summed E-state index contributed by atoms with van der Waals surface area (Å²) in [6.07, 6.45) is 9.56. The molecule has 7 heteroatoms. The Hall–Kier alpha value is -1.89. The molecule has 1 N–H and O–H groups in total. The van der Waals surface area contributed by atoms with Crippen LogP contribution in [-0.4, -0.2) is 73.5 Å². The maximum absolute atomic E-state index is 11.9. The molecule has 0 unspecified atom stereocenters. The highest BCUT2D eigenvalue weighted by Gasteiger charge is 2.29. The molecule has 0 aromatic carbocycles. The molecule has 2 amide bonds. The van der Waals surface area contributed by atoms with Crippen molar-refractivity contribution in [3.8, 4) is 0 Å². The summed E-state index contributed by atoms with van der Waals surface area (Å²) in [7, 11) is 1.65. The van der Waals surface area contributed by atoms with E-state index in [0.29, 0.717) is 18.6 Å². The third-order valence-corrected chi connectivity index (χ3v) is 5.33. The van der Waals surface area contributed by atoms with Crippen LogP contribution in [0.1, 0.15) is 80.6 Å². The van der Waals surface area contributed by atoms with Crippen molar-refractivity contribution in [3.05, 3.63) is 11.6 Å². The molecule has 2 rings (SSSR count). The molecule has 0 bridgehead atoms. The van der Waals surface area contributed by atoms with E-state index in [1.807, 2.05) is 13.8 Å². The van der Waals surface area contributed by atoms with E-state index in [4.69, 9.17) is 4.74 Å². The van der Waals surface area contributed by atoms with Crippen molar-refractivity contribution in [2.45, 2.75) is 92.7 Å². The third kappa shape index (κ3) is 14.8. The fourth-order valence-corrected chi connectivity index (χ4v) is 3.46. The Morgan fingerprint density at radius 1 is 1.09 bits per heavy atom. The summed E-state index contributed by atoms with van der Waals surface area (Å²) < 4.78 is 4.92. The van der Waals surface area contributed by atoms with Gasteiger partial charge in [0.25, 0.3) is 0 Å². The number of carbonyl (C=O) groups is 3. The molecule has 1 aliphatic carbocycles. The molecular weight excluding hydrogens is 418 g/mol. The molecule has 33 heavy (non-hydrogen) atoms. The maximum Gasteiger partial charge on any atom is 0.333 e. The minimum atomic E-state index is -0.384. The van der Waals surface area contributed by atoms with Crippen LogP contribution in [0, 0.1) is 11.8 Å². The number of esters is 1. The van der Waals surface area contributed by atoms with Crippen LogP contribution in [-0.2, 0) is 19.1 Å². The van der Waals surface area contributed by atoms with Crippen molar-refractivity contribution in [3.63, 3.8) is 0 Å². The average molecular weight is 468 g/mol. The lowest BCUT2D eigenvalue weighted by molar-refractivity contribution is -0.138. The van der Waals surface area contributed by atoms with E-state index in [2.05, 4.69) is 31.0 Å². The molecule has 0 aromatic heterocycles. The molecule has 7 nitrogen and oxygen atoms in total. The molecule has 1 aliphatic heterocycles. The Balaban J connectivity index is 0.000000634. The van der Waals surface area contributed by atoms with Crippen molar-refractivity contribution < 1.29 is 19.1 Å². The zero-order chi connectivity index (χ0) is 25.4. The van der Waals surface area contributed by atoms with Crippen molar-refractivity contribution in [1.29, 1.82) is 0 Å². The number of carbonyl (C=O) groups excluding carboxylic acids is 3. The first-order valence-electron chi connectivity index (χ1n) is 12.6. The lowest BCUT2D eigenvalue weighted by Crippen LogP contribution is -2.43. The summed E-state index contributed by atoms with van der Waals surface area (Å²) in [5, 5.41) is 2.34. The fraction of sp³-hybridized carbons (Fsp3) is 0.808. The van der Waals surface area contributed by atoms with Gasteiger partial charge in [-0.25, -0.2) is 4.79 Å². The number of nitrogens with zero attached hydrogens (tertiary/aromatic N) is 2. The summed E-state index contributed by atoms with van der Waals surface area (Å²) in [5.41, 5.74) is 0.466. The van der Waals surface area contributed by atoms with Gasteiger partial charge in [0, 0.05) is 18.7 Å². The van der Waals surface area contributed by atoms with Crippen LogP contribution in [0.15, 0.2) is 11.6 Å². The number of piperidine rings is 1. The number of nitrogens with one attached hydrogen (secondary N) is 1. The van der Waals surface area contributed by atoms with E-state index in [9.17, 15) is 14.4 Å². The number of amides is 2. The van der Waals surface area contributed by atoms with Gasteiger partial charge in [0.05, 0.1) is 19.2 Å². The SMILES string of the molecule is C1CCN(C2CC2)CC1.CC(C)C.CCOC(=O)/C(C)=C/[C@H](C(C)C)N(C)C(=O)CNC=O. The third-order valence-electron chi connectivity index (χ3n) is 5.33. The van der Waals surface area contributed by atoms with E-state index in [1.165, 1.54) is 50.1 Å². The molecule has 0 spiro atoms. The molecular formula is C26H49N3O4. The number of rotatable bonds is 9. The highest BCUT2D eigenvalue weighted by molar-refractivity contribution is 5.88. The van der Waals surface area contributed by atoms with Gasteiger partial charge in [-0.2, -0.15) is 0 Å². The van der Waals surface area contributed by atoms with Crippen molar-refractivity contribution >= 4 is 18.3 Å². The minimum absolute atomic E-state index is 0.0600. The lowest BCUT2D eigenvalue weighted by Gasteiger charge is -2.29. The number of hydrogen-bond acceptors (Lipinski definition) is 5. The molecule has 192 valence electrons. The minimum Gasteiger partial charge on any atom is -0.463 e. The van der Waals surface area contributed by atoms with E-state index < -0.39 is 0 Å².